The Hall–Kier alpha value is -3.93. The molecule has 5 rings (SSSR count). The average molecular weight is 427 g/mol. The minimum atomic E-state index is -0.829. The van der Waals surface area contributed by atoms with Crippen LogP contribution in [-0.2, 0) is 12.8 Å². The van der Waals surface area contributed by atoms with Gasteiger partial charge in [-0.1, -0.05) is 24.3 Å². The van der Waals surface area contributed by atoms with Crippen molar-refractivity contribution >= 4 is 11.6 Å². The predicted molar refractivity (Wildman–Crippen MR) is 119 cm³/mol. The van der Waals surface area contributed by atoms with Gasteiger partial charge in [0.2, 0.25) is 0 Å². The number of hydrogen-bond acceptors (Lipinski definition) is 3. The second-order valence-corrected chi connectivity index (χ2v) is 7.74. The van der Waals surface area contributed by atoms with Crippen LogP contribution in [0.4, 0.5) is 14.5 Å². The summed E-state index contributed by atoms with van der Waals surface area (Å²) in [5.74, 6) is -2.31. The zero-order valence-electron chi connectivity index (χ0n) is 17.1. The molecule has 1 aliphatic carbocycles. The van der Waals surface area contributed by atoms with Crippen molar-refractivity contribution < 1.29 is 13.6 Å². The minimum absolute atomic E-state index is 0.123. The van der Waals surface area contributed by atoms with Crippen LogP contribution in [0.5, 0.6) is 0 Å². The van der Waals surface area contributed by atoms with Gasteiger partial charge in [-0.25, -0.2) is 8.78 Å². The Morgan fingerprint density at radius 1 is 0.844 bits per heavy atom. The maximum Gasteiger partial charge on any atom is 0.274 e. The second kappa shape index (κ2) is 8.30. The molecule has 1 N–H and O–H groups in total. The number of carbonyl (C=O) groups excluding carboxylic acids is 1. The Morgan fingerprint density at radius 3 is 2.44 bits per heavy atom. The largest absolute Gasteiger partial charge is 0.316 e. The fourth-order valence-corrected chi connectivity index (χ4v) is 4.09. The molecule has 2 aromatic carbocycles. The van der Waals surface area contributed by atoms with E-state index in [1.54, 1.807) is 18.5 Å². The summed E-state index contributed by atoms with van der Waals surface area (Å²) in [4.78, 5) is 21.2. The normalized spacial score (nSPS) is 12.4. The molecule has 2 aromatic heterocycles. The number of fused-ring (bicyclic) bond motifs is 3. The molecule has 0 atom stereocenters. The van der Waals surface area contributed by atoms with Gasteiger partial charge >= 0.3 is 0 Å². The first-order valence-electron chi connectivity index (χ1n) is 10.4. The number of carbonyl (C=O) groups is 1. The third-order valence-corrected chi connectivity index (χ3v) is 5.71. The summed E-state index contributed by atoms with van der Waals surface area (Å²) in [5, 5.41) is 2.31. The standard InChI is InChI=1S/C26H19F2N3O/c27-22-7-2-8-23(28)25(22)31-26(32)24-13-18-5-1-4-16-9-10-17(19-6-3-11-29-14-19)12-20(16)21(18)15-30-24/h2-3,6-15H,1,4-5H2,(H,31,32). The van der Waals surface area contributed by atoms with E-state index in [-0.39, 0.29) is 5.69 Å². The van der Waals surface area contributed by atoms with Gasteiger partial charge in [0, 0.05) is 29.7 Å². The first kappa shape index (κ1) is 20.0. The summed E-state index contributed by atoms with van der Waals surface area (Å²) < 4.78 is 27.8. The summed E-state index contributed by atoms with van der Waals surface area (Å²) in [6.07, 6.45) is 7.87. The highest BCUT2D eigenvalue weighted by molar-refractivity contribution is 6.03. The van der Waals surface area contributed by atoms with Crippen molar-refractivity contribution in [3.05, 3.63) is 102 Å². The van der Waals surface area contributed by atoms with E-state index in [9.17, 15) is 13.6 Å². The quantitative estimate of drug-likeness (QED) is 0.448. The Morgan fingerprint density at radius 2 is 1.66 bits per heavy atom. The predicted octanol–water partition coefficient (Wildman–Crippen LogP) is 5.83. The molecule has 0 radical (unpaired) electrons. The van der Waals surface area contributed by atoms with Crippen LogP contribution in [0.15, 0.2) is 73.2 Å². The van der Waals surface area contributed by atoms with E-state index in [1.165, 1.54) is 11.6 Å². The number of nitrogens with one attached hydrogen (secondary N) is 1. The summed E-state index contributed by atoms with van der Waals surface area (Å²) >= 11 is 0. The maximum atomic E-state index is 13.9. The summed E-state index contributed by atoms with van der Waals surface area (Å²) in [6, 6.07) is 15.4. The summed E-state index contributed by atoms with van der Waals surface area (Å²) in [7, 11) is 0. The van der Waals surface area contributed by atoms with Gasteiger partial charge in [-0.15, -0.1) is 0 Å². The molecule has 1 amide bonds. The second-order valence-electron chi connectivity index (χ2n) is 7.74. The third-order valence-electron chi connectivity index (χ3n) is 5.71. The molecule has 4 aromatic rings. The number of hydrogen-bond donors (Lipinski definition) is 1. The average Bonchev–Trinajstić information content (AvgIpc) is 3.00. The van der Waals surface area contributed by atoms with Crippen molar-refractivity contribution in [3.63, 3.8) is 0 Å². The zero-order chi connectivity index (χ0) is 22.1. The number of aryl methyl sites for hydroxylation is 2. The lowest BCUT2D eigenvalue weighted by molar-refractivity contribution is 0.102. The van der Waals surface area contributed by atoms with E-state index in [0.29, 0.717) is 0 Å². The Labute approximate surface area is 184 Å². The van der Waals surface area contributed by atoms with Crippen LogP contribution in [0.3, 0.4) is 0 Å². The van der Waals surface area contributed by atoms with Crippen LogP contribution in [0, 0.1) is 11.6 Å². The molecule has 0 saturated carbocycles. The number of para-hydroxylation sites is 1. The van der Waals surface area contributed by atoms with Gasteiger partial charge in [0.1, 0.15) is 23.0 Å². The summed E-state index contributed by atoms with van der Waals surface area (Å²) in [5.41, 5.74) is 6.00. The molecule has 4 nitrogen and oxygen atoms in total. The third kappa shape index (κ3) is 3.75. The summed E-state index contributed by atoms with van der Waals surface area (Å²) in [6.45, 7) is 0. The molecule has 1 aliphatic rings. The SMILES string of the molecule is O=C(Nc1c(F)cccc1F)c1cc2c(cn1)-c1cc(-c3cccnc3)ccc1CCC2. The number of pyridine rings is 2. The van der Waals surface area contributed by atoms with Gasteiger partial charge in [-0.2, -0.15) is 0 Å². The zero-order valence-corrected chi connectivity index (χ0v) is 17.1. The van der Waals surface area contributed by atoms with E-state index in [0.717, 1.165) is 59.2 Å². The van der Waals surface area contributed by atoms with Crippen LogP contribution >= 0.6 is 0 Å². The van der Waals surface area contributed by atoms with E-state index in [4.69, 9.17) is 0 Å². The van der Waals surface area contributed by atoms with Gasteiger partial charge < -0.3 is 5.32 Å². The van der Waals surface area contributed by atoms with E-state index in [1.807, 2.05) is 18.3 Å². The van der Waals surface area contributed by atoms with Gasteiger partial charge in [0.15, 0.2) is 0 Å². The number of anilines is 1. The van der Waals surface area contributed by atoms with E-state index >= 15 is 0 Å². The number of halogens is 2. The van der Waals surface area contributed by atoms with Crippen molar-refractivity contribution in [1.29, 1.82) is 0 Å². The van der Waals surface area contributed by atoms with Gasteiger partial charge in [0.05, 0.1) is 0 Å². The van der Waals surface area contributed by atoms with Gasteiger partial charge in [-0.05, 0) is 71.8 Å². The molecular formula is C26H19F2N3O. The van der Waals surface area contributed by atoms with Crippen molar-refractivity contribution in [2.24, 2.45) is 0 Å². The van der Waals surface area contributed by atoms with Crippen LogP contribution in [0.25, 0.3) is 22.3 Å². The molecule has 0 fully saturated rings. The lowest BCUT2D eigenvalue weighted by atomic mass is 9.94. The number of aromatic nitrogens is 2. The van der Waals surface area contributed by atoms with Gasteiger partial charge in [-0.3, -0.25) is 14.8 Å². The number of rotatable bonds is 3. The Balaban J connectivity index is 1.51. The molecule has 32 heavy (non-hydrogen) atoms. The number of amides is 1. The van der Waals surface area contributed by atoms with E-state index in [2.05, 4.69) is 33.5 Å². The fraction of sp³-hybridized carbons (Fsp3) is 0.115. The molecular weight excluding hydrogens is 408 g/mol. The van der Waals surface area contributed by atoms with Crippen LogP contribution in [0.1, 0.15) is 28.0 Å². The molecule has 0 aliphatic heterocycles. The molecule has 2 heterocycles. The smallest absolute Gasteiger partial charge is 0.274 e. The highest BCUT2D eigenvalue weighted by Crippen LogP contribution is 2.35. The van der Waals surface area contributed by atoms with Crippen LogP contribution < -0.4 is 5.32 Å². The van der Waals surface area contributed by atoms with Gasteiger partial charge in [0.25, 0.3) is 5.91 Å². The molecule has 6 heteroatoms. The lowest BCUT2D eigenvalue weighted by Crippen LogP contribution is -2.16. The Kier molecular flexibility index (Phi) is 5.19. The maximum absolute atomic E-state index is 13.9. The highest BCUT2D eigenvalue weighted by atomic mass is 19.1. The Bertz CT molecular complexity index is 1300. The minimum Gasteiger partial charge on any atom is -0.316 e. The first-order chi connectivity index (χ1) is 15.6. The topological polar surface area (TPSA) is 54.9 Å². The van der Waals surface area contributed by atoms with Crippen LogP contribution in [-0.4, -0.2) is 15.9 Å². The first-order valence-corrected chi connectivity index (χ1v) is 10.4. The monoisotopic (exact) mass is 427 g/mol. The highest BCUT2D eigenvalue weighted by Gasteiger charge is 2.20. The van der Waals surface area contributed by atoms with Crippen molar-refractivity contribution in [2.75, 3.05) is 5.32 Å². The molecule has 158 valence electrons. The molecule has 0 bridgehead atoms. The molecule has 0 spiro atoms. The fourth-order valence-electron chi connectivity index (χ4n) is 4.09. The van der Waals surface area contributed by atoms with E-state index < -0.39 is 23.2 Å². The van der Waals surface area contributed by atoms with Crippen LogP contribution in [0.2, 0.25) is 0 Å². The molecule has 0 saturated heterocycles. The number of benzene rings is 2. The van der Waals surface area contributed by atoms with Crippen molar-refractivity contribution in [1.82, 2.24) is 9.97 Å². The number of nitrogens with zero attached hydrogens (tertiary/aromatic N) is 2. The molecule has 0 unspecified atom stereocenters. The van der Waals surface area contributed by atoms with Crippen molar-refractivity contribution in [2.45, 2.75) is 19.3 Å². The lowest BCUT2D eigenvalue weighted by Gasteiger charge is -2.13. The van der Waals surface area contributed by atoms with Crippen molar-refractivity contribution in [3.8, 4) is 22.3 Å².